The molecule has 1 atom stereocenters. The summed E-state index contributed by atoms with van der Waals surface area (Å²) in [4.78, 5) is 11.1. The van der Waals surface area contributed by atoms with Crippen molar-refractivity contribution in [2.75, 3.05) is 0 Å². The molecule has 0 saturated carbocycles. The quantitative estimate of drug-likeness (QED) is 0.315. The van der Waals surface area contributed by atoms with Crippen molar-refractivity contribution >= 4 is 25.0 Å². The fourth-order valence-corrected chi connectivity index (χ4v) is 8.50. The Morgan fingerprint density at radius 3 is 1.62 bits per heavy atom. The maximum Gasteiger partial charge on any atom is 0.262 e. The molecule has 0 N–H and O–H groups in total. The van der Waals surface area contributed by atoms with Gasteiger partial charge in [0.25, 0.3) is 8.32 Å². The normalized spacial score (nSPS) is 13.3. The maximum absolute atomic E-state index is 11.1. The molecule has 29 heavy (non-hydrogen) atoms. The number of hydrogen-bond donors (Lipinski definition) is 0. The molecule has 3 aromatic carbocycles. The molecule has 0 aliphatic carbocycles. The van der Waals surface area contributed by atoms with E-state index in [0.717, 1.165) is 11.8 Å². The number of carbonyl (C=O) groups is 1. The lowest BCUT2D eigenvalue weighted by Crippen LogP contribution is -2.66. The average Bonchev–Trinajstić information content (AvgIpc) is 2.75. The van der Waals surface area contributed by atoms with Gasteiger partial charge in [0.15, 0.2) is 0 Å². The zero-order valence-electron chi connectivity index (χ0n) is 17.3. The van der Waals surface area contributed by atoms with Gasteiger partial charge in [0.2, 0.25) is 0 Å². The molecule has 0 amide bonds. The fourth-order valence-electron chi connectivity index (χ4n) is 3.89. The number of rotatable bonds is 7. The van der Waals surface area contributed by atoms with Gasteiger partial charge in [-0.25, -0.2) is 0 Å². The lowest BCUT2D eigenvalue weighted by atomic mass is 10.1. The third kappa shape index (κ3) is 4.47. The number of allylic oxidation sites excluding steroid dienone is 1. The van der Waals surface area contributed by atoms with Crippen molar-refractivity contribution in [3.8, 4) is 0 Å². The molecular weight excluding hydrogens is 372 g/mol. The van der Waals surface area contributed by atoms with Crippen molar-refractivity contribution in [2.45, 2.75) is 31.9 Å². The Balaban J connectivity index is 2.24. The van der Waals surface area contributed by atoms with Gasteiger partial charge in [-0.15, -0.1) is 0 Å². The predicted octanol–water partition coefficient (Wildman–Crippen LogP) is 5.06. The highest BCUT2D eigenvalue weighted by molar-refractivity contribution is 6.99. The molecule has 0 aliphatic heterocycles. The molecule has 2 nitrogen and oxygen atoms in total. The van der Waals surface area contributed by atoms with Crippen LogP contribution in [0.5, 0.6) is 0 Å². The van der Waals surface area contributed by atoms with Gasteiger partial charge in [0.05, 0.1) is 6.10 Å². The van der Waals surface area contributed by atoms with E-state index < -0.39 is 8.32 Å². The number of hydrogen-bond acceptors (Lipinski definition) is 2. The van der Waals surface area contributed by atoms with Gasteiger partial charge in [-0.05, 0) is 33.1 Å². The molecule has 0 bridgehead atoms. The largest absolute Gasteiger partial charge is 0.397 e. The van der Waals surface area contributed by atoms with Crippen molar-refractivity contribution in [1.82, 2.24) is 0 Å². The lowest BCUT2D eigenvalue weighted by molar-refractivity contribution is -0.104. The monoisotopic (exact) mass is 400 g/mol. The standard InChI is InChI=1S/C26H28O2Si/c1-26(2,3)29(23-16-9-5-10-17-23,24-18-11-6-12-19-24)28-25(20-13-21-27)22-14-7-4-8-15-22/h4-21,25H,1-3H3/b20-13+/t25-/m0/s1. The highest BCUT2D eigenvalue weighted by Gasteiger charge is 2.51. The first-order valence-corrected chi connectivity index (χ1v) is 11.9. The molecule has 0 aromatic heterocycles. The first-order valence-electron chi connectivity index (χ1n) is 9.95. The molecule has 0 heterocycles. The topological polar surface area (TPSA) is 26.3 Å². The first kappa shape index (κ1) is 21.0. The third-order valence-electron chi connectivity index (χ3n) is 5.21. The van der Waals surface area contributed by atoms with E-state index >= 15 is 0 Å². The Kier molecular flexibility index (Phi) is 6.63. The SMILES string of the molecule is CC(C)(C)[Si](O[C@@H](/C=C/C=O)c1ccccc1)(c1ccccc1)c1ccccc1. The van der Waals surface area contributed by atoms with E-state index in [1.54, 1.807) is 0 Å². The summed E-state index contributed by atoms with van der Waals surface area (Å²) < 4.78 is 7.16. The van der Waals surface area contributed by atoms with Gasteiger partial charge >= 0.3 is 0 Å². The van der Waals surface area contributed by atoms with Crippen LogP contribution in [0.1, 0.15) is 32.4 Å². The molecule has 0 saturated heterocycles. The van der Waals surface area contributed by atoms with Gasteiger partial charge in [0, 0.05) is 0 Å². The van der Waals surface area contributed by atoms with Crippen LogP contribution in [0.2, 0.25) is 5.04 Å². The number of carbonyl (C=O) groups excluding carboxylic acids is 1. The van der Waals surface area contributed by atoms with Crippen LogP contribution >= 0.6 is 0 Å². The zero-order valence-corrected chi connectivity index (χ0v) is 18.3. The van der Waals surface area contributed by atoms with E-state index in [1.807, 2.05) is 36.4 Å². The van der Waals surface area contributed by atoms with Gasteiger partial charge < -0.3 is 4.43 Å². The van der Waals surface area contributed by atoms with Gasteiger partial charge in [0.1, 0.15) is 6.29 Å². The predicted molar refractivity (Wildman–Crippen MR) is 123 cm³/mol. The van der Waals surface area contributed by atoms with Gasteiger partial charge in [-0.3, -0.25) is 4.79 Å². The van der Waals surface area contributed by atoms with E-state index in [0.29, 0.717) is 0 Å². The van der Waals surface area contributed by atoms with Gasteiger partial charge in [-0.2, -0.15) is 0 Å². The van der Waals surface area contributed by atoms with Crippen molar-refractivity contribution in [1.29, 1.82) is 0 Å². The van der Waals surface area contributed by atoms with Gasteiger partial charge in [-0.1, -0.05) is 112 Å². The van der Waals surface area contributed by atoms with Crippen LogP contribution in [0.15, 0.2) is 103 Å². The summed E-state index contributed by atoms with van der Waals surface area (Å²) in [6.07, 6.45) is 3.90. The molecule has 0 unspecified atom stereocenters. The van der Waals surface area contributed by atoms with Crippen LogP contribution in [-0.4, -0.2) is 14.6 Å². The van der Waals surface area contributed by atoms with Crippen LogP contribution in [-0.2, 0) is 9.22 Å². The van der Waals surface area contributed by atoms with Crippen molar-refractivity contribution in [3.63, 3.8) is 0 Å². The summed E-state index contributed by atoms with van der Waals surface area (Å²) in [5.74, 6) is 0. The molecule has 0 fully saturated rings. The minimum absolute atomic E-state index is 0.127. The van der Waals surface area contributed by atoms with Crippen LogP contribution in [0.3, 0.4) is 0 Å². The van der Waals surface area contributed by atoms with E-state index in [4.69, 9.17) is 4.43 Å². The summed E-state index contributed by atoms with van der Waals surface area (Å²) >= 11 is 0. The Morgan fingerprint density at radius 2 is 1.21 bits per heavy atom. The Morgan fingerprint density at radius 1 is 0.759 bits per heavy atom. The number of benzene rings is 3. The van der Waals surface area contributed by atoms with E-state index in [1.165, 1.54) is 16.4 Å². The van der Waals surface area contributed by atoms with E-state index in [2.05, 4.69) is 81.4 Å². The average molecular weight is 401 g/mol. The van der Waals surface area contributed by atoms with Crippen molar-refractivity contribution in [3.05, 3.63) is 109 Å². The molecule has 148 valence electrons. The molecule has 0 aliphatic rings. The van der Waals surface area contributed by atoms with Crippen molar-refractivity contribution < 1.29 is 9.22 Å². The minimum Gasteiger partial charge on any atom is -0.397 e. The molecule has 3 aromatic rings. The summed E-state index contributed by atoms with van der Waals surface area (Å²) in [5, 5.41) is 2.32. The van der Waals surface area contributed by atoms with Crippen molar-refractivity contribution in [2.24, 2.45) is 0 Å². The lowest BCUT2D eigenvalue weighted by Gasteiger charge is -2.44. The summed E-state index contributed by atoms with van der Waals surface area (Å²) in [5.41, 5.74) is 1.04. The number of aldehydes is 1. The van der Waals surface area contributed by atoms with Crippen LogP contribution < -0.4 is 10.4 Å². The molecule has 0 radical (unpaired) electrons. The molecule has 0 spiro atoms. The highest BCUT2D eigenvalue weighted by atomic mass is 28.4. The highest BCUT2D eigenvalue weighted by Crippen LogP contribution is 2.40. The first-order chi connectivity index (χ1) is 14.0. The van der Waals surface area contributed by atoms with Crippen LogP contribution in [0.25, 0.3) is 0 Å². The minimum atomic E-state index is -2.71. The van der Waals surface area contributed by atoms with Crippen LogP contribution in [0, 0.1) is 0 Å². The molecule has 3 heteroatoms. The summed E-state index contributed by atoms with van der Waals surface area (Å²) in [7, 11) is -2.71. The zero-order chi connectivity index (χ0) is 20.7. The second-order valence-electron chi connectivity index (χ2n) is 8.13. The van der Waals surface area contributed by atoms with E-state index in [-0.39, 0.29) is 11.1 Å². The smallest absolute Gasteiger partial charge is 0.262 e. The second-order valence-corrected chi connectivity index (χ2v) is 12.4. The molecular formula is C26H28O2Si. The summed E-state index contributed by atoms with van der Waals surface area (Å²) in [6, 6.07) is 31.2. The third-order valence-corrected chi connectivity index (χ3v) is 10.2. The Bertz CT molecular complexity index is 889. The molecule has 3 rings (SSSR count). The fraction of sp³-hybridized carbons (Fsp3) is 0.192. The van der Waals surface area contributed by atoms with E-state index in [9.17, 15) is 4.79 Å². The maximum atomic E-state index is 11.1. The van der Waals surface area contributed by atoms with Crippen LogP contribution in [0.4, 0.5) is 0 Å². The summed E-state index contributed by atoms with van der Waals surface area (Å²) in [6.45, 7) is 6.76. The Labute approximate surface area is 175 Å². The second kappa shape index (κ2) is 9.16. The Hall–Kier alpha value is -2.75.